The average molecular weight is 361 g/mol. The van der Waals surface area contributed by atoms with Crippen molar-refractivity contribution in [3.05, 3.63) is 57.8 Å². The van der Waals surface area contributed by atoms with Gasteiger partial charge in [-0.1, -0.05) is 21.1 Å². The van der Waals surface area contributed by atoms with Crippen molar-refractivity contribution in [2.24, 2.45) is 10.9 Å². The largest absolute Gasteiger partial charge is 0.451 e. The van der Waals surface area contributed by atoms with E-state index in [2.05, 4.69) is 21.1 Å². The molecule has 0 heterocycles. The average Bonchev–Trinajstić information content (AvgIpc) is 2.45. The number of hydrogen-bond acceptors (Lipinski definition) is 3. The Hall–Kier alpha value is -2.22. The zero-order chi connectivity index (χ0) is 15.6. The summed E-state index contributed by atoms with van der Waals surface area (Å²) in [4.78, 5) is 0. The molecular weight excluding hydrogens is 353 g/mol. The first-order chi connectivity index (χ1) is 9.92. The molecule has 4 nitrogen and oxygen atoms in total. The standard InChI is InChI=1S/C13H8BrF3N2O2/c14-7-4-9(16)12(17)11(5-7)21-10-2-1-6(3-8(10)15)13(18)19-20/h1-5,20H,(H2,18,19). The molecule has 110 valence electrons. The summed E-state index contributed by atoms with van der Waals surface area (Å²) in [6.07, 6.45) is 0. The molecule has 2 rings (SSSR count). The predicted octanol–water partition coefficient (Wildman–Crippen LogP) is 3.75. The van der Waals surface area contributed by atoms with Crippen molar-refractivity contribution >= 4 is 21.8 Å². The van der Waals surface area contributed by atoms with Gasteiger partial charge in [-0.05, 0) is 30.3 Å². The van der Waals surface area contributed by atoms with Crippen molar-refractivity contribution in [1.29, 1.82) is 0 Å². The molecule has 21 heavy (non-hydrogen) atoms. The van der Waals surface area contributed by atoms with Gasteiger partial charge >= 0.3 is 0 Å². The Balaban J connectivity index is 2.37. The molecule has 0 saturated heterocycles. The van der Waals surface area contributed by atoms with Crippen LogP contribution in [0.15, 0.2) is 40.0 Å². The molecular formula is C13H8BrF3N2O2. The summed E-state index contributed by atoms with van der Waals surface area (Å²) >= 11 is 2.98. The van der Waals surface area contributed by atoms with Gasteiger partial charge in [0.05, 0.1) is 0 Å². The number of hydrogen-bond donors (Lipinski definition) is 2. The zero-order valence-electron chi connectivity index (χ0n) is 10.3. The first-order valence-corrected chi connectivity index (χ1v) is 6.31. The van der Waals surface area contributed by atoms with Crippen LogP contribution in [0.2, 0.25) is 0 Å². The molecule has 0 saturated carbocycles. The number of oxime groups is 1. The summed E-state index contributed by atoms with van der Waals surface area (Å²) in [6, 6.07) is 5.48. The smallest absolute Gasteiger partial charge is 0.201 e. The van der Waals surface area contributed by atoms with Gasteiger partial charge in [0.25, 0.3) is 0 Å². The second-order valence-electron chi connectivity index (χ2n) is 3.93. The van der Waals surface area contributed by atoms with E-state index in [1.807, 2.05) is 0 Å². The van der Waals surface area contributed by atoms with Gasteiger partial charge in [-0.15, -0.1) is 0 Å². The highest BCUT2D eigenvalue weighted by molar-refractivity contribution is 9.10. The number of amidine groups is 1. The van der Waals surface area contributed by atoms with E-state index in [1.54, 1.807) is 0 Å². The number of nitrogens with two attached hydrogens (primary N) is 1. The molecule has 0 unspecified atom stereocenters. The summed E-state index contributed by atoms with van der Waals surface area (Å²) in [7, 11) is 0. The molecule has 0 radical (unpaired) electrons. The van der Waals surface area contributed by atoms with Crippen LogP contribution in [0.3, 0.4) is 0 Å². The minimum absolute atomic E-state index is 0.114. The van der Waals surface area contributed by atoms with Crippen LogP contribution in [-0.2, 0) is 0 Å². The van der Waals surface area contributed by atoms with E-state index in [0.29, 0.717) is 0 Å². The highest BCUT2D eigenvalue weighted by atomic mass is 79.9. The van der Waals surface area contributed by atoms with Crippen LogP contribution in [0.1, 0.15) is 5.56 Å². The predicted molar refractivity (Wildman–Crippen MR) is 73.0 cm³/mol. The lowest BCUT2D eigenvalue weighted by atomic mass is 10.2. The van der Waals surface area contributed by atoms with Crippen molar-refractivity contribution in [3.63, 3.8) is 0 Å². The van der Waals surface area contributed by atoms with Crippen molar-refractivity contribution in [3.8, 4) is 11.5 Å². The number of halogens is 4. The monoisotopic (exact) mass is 360 g/mol. The molecule has 2 aromatic rings. The van der Waals surface area contributed by atoms with E-state index >= 15 is 0 Å². The number of rotatable bonds is 3. The van der Waals surface area contributed by atoms with Crippen molar-refractivity contribution in [2.75, 3.05) is 0 Å². The zero-order valence-corrected chi connectivity index (χ0v) is 11.9. The van der Waals surface area contributed by atoms with E-state index in [9.17, 15) is 13.2 Å². The second kappa shape index (κ2) is 6.04. The highest BCUT2D eigenvalue weighted by Crippen LogP contribution is 2.31. The van der Waals surface area contributed by atoms with Crippen LogP contribution in [0.5, 0.6) is 11.5 Å². The normalized spacial score (nSPS) is 11.5. The SMILES string of the molecule is N/C(=N/O)c1ccc(Oc2cc(Br)cc(F)c2F)c(F)c1. The van der Waals surface area contributed by atoms with Gasteiger partial charge in [-0.25, -0.2) is 8.78 Å². The topological polar surface area (TPSA) is 67.8 Å². The summed E-state index contributed by atoms with van der Waals surface area (Å²) in [6.45, 7) is 0. The van der Waals surface area contributed by atoms with Gasteiger partial charge in [0.15, 0.2) is 29.0 Å². The summed E-state index contributed by atoms with van der Waals surface area (Å²) in [5.74, 6) is -4.34. The van der Waals surface area contributed by atoms with Crippen LogP contribution in [0.25, 0.3) is 0 Å². The van der Waals surface area contributed by atoms with Gasteiger partial charge in [-0.3, -0.25) is 0 Å². The van der Waals surface area contributed by atoms with Gasteiger partial charge in [0, 0.05) is 10.0 Å². The summed E-state index contributed by atoms with van der Waals surface area (Å²) in [5, 5.41) is 11.2. The first-order valence-electron chi connectivity index (χ1n) is 5.52. The van der Waals surface area contributed by atoms with E-state index in [1.165, 1.54) is 6.07 Å². The van der Waals surface area contributed by atoms with Crippen LogP contribution >= 0.6 is 15.9 Å². The lowest BCUT2D eigenvalue weighted by Crippen LogP contribution is -2.13. The Bertz CT molecular complexity index is 723. The molecule has 0 aliphatic rings. The molecule has 0 spiro atoms. The first kappa shape index (κ1) is 15.2. The summed E-state index contributed by atoms with van der Waals surface area (Å²) < 4.78 is 45.8. The fourth-order valence-corrected chi connectivity index (χ4v) is 1.93. The molecule has 0 amide bonds. The van der Waals surface area contributed by atoms with Crippen molar-refractivity contribution in [2.45, 2.75) is 0 Å². The fourth-order valence-electron chi connectivity index (χ4n) is 1.53. The minimum Gasteiger partial charge on any atom is -0.451 e. The number of benzene rings is 2. The Morgan fingerprint density at radius 2 is 1.81 bits per heavy atom. The fraction of sp³-hybridized carbons (Fsp3) is 0. The molecule has 0 bridgehead atoms. The maximum atomic E-state index is 13.8. The Morgan fingerprint density at radius 1 is 1.10 bits per heavy atom. The lowest BCUT2D eigenvalue weighted by Gasteiger charge is -2.09. The Kier molecular flexibility index (Phi) is 4.37. The van der Waals surface area contributed by atoms with Crippen LogP contribution in [0.4, 0.5) is 13.2 Å². The molecule has 0 aliphatic heterocycles. The molecule has 3 N–H and O–H groups in total. The van der Waals surface area contributed by atoms with E-state index in [4.69, 9.17) is 15.7 Å². The molecule has 0 atom stereocenters. The van der Waals surface area contributed by atoms with Gasteiger partial charge < -0.3 is 15.7 Å². The summed E-state index contributed by atoms with van der Waals surface area (Å²) in [5.41, 5.74) is 5.42. The molecule has 2 aromatic carbocycles. The van der Waals surface area contributed by atoms with Crippen molar-refractivity contribution in [1.82, 2.24) is 0 Å². The van der Waals surface area contributed by atoms with Gasteiger partial charge in [-0.2, -0.15) is 4.39 Å². The van der Waals surface area contributed by atoms with E-state index in [-0.39, 0.29) is 21.6 Å². The Labute approximate surface area is 125 Å². The van der Waals surface area contributed by atoms with Gasteiger partial charge in [0.2, 0.25) is 5.82 Å². The van der Waals surface area contributed by atoms with Crippen LogP contribution < -0.4 is 10.5 Å². The third kappa shape index (κ3) is 3.27. The third-order valence-electron chi connectivity index (χ3n) is 2.51. The number of ether oxygens (including phenoxy) is 1. The maximum Gasteiger partial charge on any atom is 0.201 e. The van der Waals surface area contributed by atoms with Gasteiger partial charge in [0.1, 0.15) is 0 Å². The molecule has 0 fully saturated rings. The Morgan fingerprint density at radius 3 is 2.43 bits per heavy atom. The van der Waals surface area contributed by atoms with E-state index < -0.39 is 23.2 Å². The highest BCUT2D eigenvalue weighted by Gasteiger charge is 2.15. The van der Waals surface area contributed by atoms with E-state index in [0.717, 1.165) is 24.3 Å². The lowest BCUT2D eigenvalue weighted by molar-refractivity contribution is 0.318. The maximum absolute atomic E-state index is 13.8. The second-order valence-corrected chi connectivity index (χ2v) is 4.85. The van der Waals surface area contributed by atoms with Crippen molar-refractivity contribution < 1.29 is 23.1 Å². The van der Waals surface area contributed by atoms with Crippen LogP contribution in [-0.4, -0.2) is 11.0 Å². The third-order valence-corrected chi connectivity index (χ3v) is 2.97. The molecule has 8 heteroatoms. The van der Waals surface area contributed by atoms with Crippen LogP contribution in [0, 0.1) is 17.5 Å². The molecule has 0 aromatic heterocycles. The quantitative estimate of drug-likeness (QED) is 0.288. The number of nitrogens with zero attached hydrogens (tertiary/aromatic N) is 1. The molecule has 0 aliphatic carbocycles. The minimum atomic E-state index is -1.24.